The minimum absolute atomic E-state index is 0.541. The smallest absolute Gasteiger partial charge is 0.233 e. The van der Waals surface area contributed by atoms with E-state index in [-0.39, 0.29) is 0 Å². The summed E-state index contributed by atoms with van der Waals surface area (Å²) < 4.78 is 5.06. The largest absolute Gasteiger partial charge is 0.480 e. The molecule has 2 atom stereocenters. The summed E-state index contributed by atoms with van der Waals surface area (Å²) in [6.07, 6.45) is 8.47. The first-order valence-corrected chi connectivity index (χ1v) is 6.63. The fraction of sp³-hybridized carbons (Fsp3) is 0.692. The highest BCUT2D eigenvalue weighted by Gasteiger charge is 2.23. The Hall–Kier alpha value is -1.36. The van der Waals surface area contributed by atoms with E-state index in [9.17, 15) is 0 Å². The predicted octanol–water partition coefficient (Wildman–Crippen LogP) is 1.66. The first kappa shape index (κ1) is 13.1. The van der Waals surface area contributed by atoms with Crippen LogP contribution in [-0.4, -0.2) is 30.2 Å². The molecule has 1 aliphatic rings. The molecule has 3 N–H and O–H groups in total. The Morgan fingerprint density at radius 2 is 2.11 bits per heavy atom. The van der Waals surface area contributed by atoms with Crippen LogP contribution in [0.4, 0.5) is 5.82 Å². The van der Waals surface area contributed by atoms with Crippen LogP contribution in [0, 0.1) is 11.8 Å². The summed E-state index contributed by atoms with van der Waals surface area (Å²) in [4.78, 5) is 8.38. The zero-order valence-electron chi connectivity index (χ0n) is 10.9. The number of rotatable bonds is 5. The van der Waals surface area contributed by atoms with Gasteiger partial charge in [-0.2, -0.15) is 4.98 Å². The van der Waals surface area contributed by atoms with Crippen LogP contribution in [-0.2, 0) is 0 Å². The molecule has 18 heavy (non-hydrogen) atoms. The Labute approximate surface area is 108 Å². The van der Waals surface area contributed by atoms with Gasteiger partial charge in [0.05, 0.1) is 19.5 Å². The molecule has 0 aliphatic heterocycles. The van der Waals surface area contributed by atoms with Crippen LogP contribution in [0.5, 0.6) is 5.88 Å². The molecular weight excluding hydrogens is 228 g/mol. The highest BCUT2D eigenvalue weighted by atomic mass is 16.5. The van der Waals surface area contributed by atoms with Crippen molar-refractivity contribution in [1.82, 2.24) is 9.97 Å². The molecule has 2 unspecified atom stereocenters. The van der Waals surface area contributed by atoms with Crippen molar-refractivity contribution in [2.45, 2.75) is 25.7 Å². The molecule has 0 radical (unpaired) electrons. The minimum atomic E-state index is 0.541. The third kappa shape index (κ3) is 3.32. The van der Waals surface area contributed by atoms with Gasteiger partial charge in [0.2, 0.25) is 5.88 Å². The molecule has 5 heteroatoms. The molecule has 1 fully saturated rings. The molecule has 1 saturated carbocycles. The van der Waals surface area contributed by atoms with Gasteiger partial charge in [0, 0.05) is 6.54 Å². The Balaban J connectivity index is 1.89. The van der Waals surface area contributed by atoms with Crippen LogP contribution in [0.15, 0.2) is 12.4 Å². The Morgan fingerprint density at radius 1 is 1.33 bits per heavy atom. The maximum Gasteiger partial charge on any atom is 0.233 e. The van der Waals surface area contributed by atoms with Crippen molar-refractivity contribution in [2.75, 3.05) is 25.5 Å². The van der Waals surface area contributed by atoms with Crippen molar-refractivity contribution < 1.29 is 4.74 Å². The molecule has 1 heterocycles. The Kier molecular flexibility index (Phi) is 4.75. The maximum atomic E-state index is 5.83. The molecule has 0 aromatic carbocycles. The molecule has 5 nitrogen and oxygen atoms in total. The number of hydrogen-bond donors (Lipinski definition) is 2. The molecule has 0 spiro atoms. The zero-order valence-corrected chi connectivity index (χ0v) is 10.9. The summed E-state index contributed by atoms with van der Waals surface area (Å²) >= 11 is 0. The fourth-order valence-corrected chi connectivity index (χ4v) is 2.63. The van der Waals surface area contributed by atoms with E-state index in [1.807, 2.05) is 0 Å². The van der Waals surface area contributed by atoms with Crippen LogP contribution in [0.2, 0.25) is 0 Å². The second-order valence-corrected chi connectivity index (χ2v) is 4.87. The SMILES string of the molecule is COc1cncc(NCC2CCCCC2CN)n1. The second-order valence-electron chi connectivity index (χ2n) is 4.87. The lowest BCUT2D eigenvalue weighted by atomic mass is 9.79. The highest BCUT2D eigenvalue weighted by molar-refractivity contribution is 5.33. The summed E-state index contributed by atoms with van der Waals surface area (Å²) in [6, 6.07) is 0. The minimum Gasteiger partial charge on any atom is -0.480 e. The summed E-state index contributed by atoms with van der Waals surface area (Å²) in [5.41, 5.74) is 5.83. The van der Waals surface area contributed by atoms with Crippen molar-refractivity contribution in [2.24, 2.45) is 17.6 Å². The Morgan fingerprint density at radius 3 is 2.83 bits per heavy atom. The monoisotopic (exact) mass is 250 g/mol. The van der Waals surface area contributed by atoms with E-state index in [4.69, 9.17) is 10.5 Å². The third-order valence-corrected chi connectivity index (χ3v) is 3.74. The molecule has 0 bridgehead atoms. The lowest BCUT2D eigenvalue weighted by Crippen LogP contribution is -2.31. The number of methoxy groups -OCH3 is 1. The van der Waals surface area contributed by atoms with Gasteiger partial charge in [-0.05, 0) is 31.2 Å². The quantitative estimate of drug-likeness (QED) is 0.831. The van der Waals surface area contributed by atoms with E-state index >= 15 is 0 Å². The van der Waals surface area contributed by atoms with E-state index in [1.165, 1.54) is 25.7 Å². The number of nitrogens with zero attached hydrogens (tertiary/aromatic N) is 2. The highest BCUT2D eigenvalue weighted by Crippen LogP contribution is 2.29. The van der Waals surface area contributed by atoms with Crippen molar-refractivity contribution >= 4 is 5.82 Å². The van der Waals surface area contributed by atoms with Crippen LogP contribution < -0.4 is 15.8 Å². The van der Waals surface area contributed by atoms with Gasteiger partial charge in [-0.15, -0.1) is 0 Å². The van der Waals surface area contributed by atoms with Gasteiger partial charge < -0.3 is 15.8 Å². The third-order valence-electron chi connectivity index (χ3n) is 3.74. The van der Waals surface area contributed by atoms with E-state index in [2.05, 4.69) is 15.3 Å². The normalized spacial score (nSPS) is 23.7. The average Bonchev–Trinajstić information content (AvgIpc) is 2.45. The number of nitrogens with two attached hydrogens (primary N) is 1. The fourth-order valence-electron chi connectivity index (χ4n) is 2.63. The zero-order chi connectivity index (χ0) is 12.8. The summed E-state index contributed by atoms with van der Waals surface area (Å²) in [5, 5.41) is 3.34. The van der Waals surface area contributed by atoms with Gasteiger partial charge in [0.25, 0.3) is 0 Å². The van der Waals surface area contributed by atoms with Gasteiger partial charge >= 0.3 is 0 Å². The Bertz CT molecular complexity index is 372. The van der Waals surface area contributed by atoms with Crippen molar-refractivity contribution in [3.63, 3.8) is 0 Å². The predicted molar refractivity (Wildman–Crippen MR) is 71.6 cm³/mol. The maximum absolute atomic E-state index is 5.83. The first-order chi connectivity index (χ1) is 8.83. The standard InChI is InChI=1S/C13H22N4O/c1-18-13-9-15-8-12(17-13)16-7-11-5-3-2-4-10(11)6-14/h8-11H,2-7,14H2,1H3,(H,16,17). The number of anilines is 1. The van der Waals surface area contributed by atoms with Crippen molar-refractivity contribution in [3.05, 3.63) is 12.4 Å². The molecule has 1 aliphatic carbocycles. The average molecular weight is 250 g/mol. The van der Waals surface area contributed by atoms with Crippen molar-refractivity contribution in [1.29, 1.82) is 0 Å². The summed E-state index contributed by atoms with van der Waals surface area (Å²) in [7, 11) is 1.60. The van der Waals surface area contributed by atoms with Gasteiger partial charge in [-0.1, -0.05) is 12.8 Å². The molecule has 1 aromatic heterocycles. The second kappa shape index (κ2) is 6.54. The molecule has 1 aromatic rings. The van der Waals surface area contributed by atoms with Gasteiger partial charge in [-0.25, -0.2) is 0 Å². The topological polar surface area (TPSA) is 73.1 Å². The van der Waals surface area contributed by atoms with Crippen molar-refractivity contribution in [3.8, 4) is 5.88 Å². The summed E-state index contributed by atoms with van der Waals surface area (Å²) in [5.74, 6) is 2.61. The van der Waals surface area contributed by atoms with Crippen LogP contribution >= 0.6 is 0 Å². The van der Waals surface area contributed by atoms with Gasteiger partial charge in [-0.3, -0.25) is 4.98 Å². The lowest BCUT2D eigenvalue weighted by molar-refractivity contribution is 0.255. The van der Waals surface area contributed by atoms with Gasteiger partial charge in [0.1, 0.15) is 5.82 Å². The number of aromatic nitrogens is 2. The van der Waals surface area contributed by atoms with Gasteiger partial charge in [0.15, 0.2) is 0 Å². The lowest BCUT2D eigenvalue weighted by Gasteiger charge is -2.30. The first-order valence-electron chi connectivity index (χ1n) is 6.63. The number of hydrogen-bond acceptors (Lipinski definition) is 5. The molecule has 0 amide bonds. The summed E-state index contributed by atoms with van der Waals surface area (Å²) in [6.45, 7) is 1.71. The van der Waals surface area contributed by atoms with E-state index in [0.717, 1.165) is 18.9 Å². The van der Waals surface area contributed by atoms with Crippen LogP contribution in [0.25, 0.3) is 0 Å². The molecule has 2 rings (SSSR count). The van der Waals surface area contributed by atoms with Crippen LogP contribution in [0.3, 0.4) is 0 Å². The molecule has 0 saturated heterocycles. The van der Waals surface area contributed by atoms with E-state index in [1.54, 1.807) is 19.5 Å². The van der Waals surface area contributed by atoms with E-state index in [0.29, 0.717) is 17.7 Å². The number of nitrogens with one attached hydrogen (secondary N) is 1. The van der Waals surface area contributed by atoms with Crippen LogP contribution in [0.1, 0.15) is 25.7 Å². The number of ether oxygens (including phenoxy) is 1. The molecular formula is C13H22N4O. The van der Waals surface area contributed by atoms with E-state index < -0.39 is 0 Å². The molecule has 100 valence electrons.